The molecule has 0 aromatic heterocycles. The van der Waals surface area contributed by atoms with Crippen LogP contribution in [0.1, 0.15) is 0 Å². The van der Waals surface area contributed by atoms with Crippen molar-refractivity contribution in [2.45, 2.75) is 0 Å². The first-order valence-electron chi connectivity index (χ1n) is 6.26. The van der Waals surface area contributed by atoms with Crippen molar-refractivity contribution in [2.24, 2.45) is 0 Å². The zero-order valence-corrected chi connectivity index (χ0v) is 14.7. The number of rotatable bonds is 2. The number of hydrogen-bond acceptors (Lipinski definition) is 0. The van der Waals surface area contributed by atoms with Gasteiger partial charge in [-0.25, -0.2) is 4.39 Å². The van der Waals surface area contributed by atoms with E-state index in [1.807, 2.05) is 24.3 Å². The quantitative estimate of drug-likeness (QED) is 0.477. The van der Waals surface area contributed by atoms with Gasteiger partial charge >= 0.3 is 23.1 Å². The van der Waals surface area contributed by atoms with Crippen molar-refractivity contribution >= 4 is 23.1 Å². The predicted molar refractivity (Wildman–Crippen MR) is 81.8 cm³/mol. The minimum Gasteiger partial charge on any atom is -1.00 e. The van der Waals surface area contributed by atoms with E-state index in [9.17, 15) is 8.78 Å². The first-order valence-corrected chi connectivity index (χ1v) is 6.26. The molecule has 0 heterocycles. The van der Waals surface area contributed by atoms with Gasteiger partial charge < -0.3 is 17.0 Å². The number of benzene rings is 3. The summed E-state index contributed by atoms with van der Waals surface area (Å²) in [6.45, 7) is 0. The molecule has 4 heteroatoms. The van der Waals surface area contributed by atoms with Crippen molar-refractivity contribution in [3.8, 4) is 22.3 Å². The Labute approximate surface area is 155 Å². The molecule has 3 aromatic carbocycles. The fourth-order valence-electron chi connectivity index (χ4n) is 2.13. The first-order chi connectivity index (χ1) is 9.74. The molecule has 0 fully saturated rings. The average molecular weight is 369 g/mol. The van der Waals surface area contributed by atoms with E-state index in [-0.39, 0.29) is 51.7 Å². The van der Waals surface area contributed by atoms with E-state index in [2.05, 4.69) is 6.07 Å². The molecule has 0 saturated heterocycles. The van der Waals surface area contributed by atoms with E-state index in [1.54, 1.807) is 24.3 Å². The van der Waals surface area contributed by atoms with Crippen LogP contribution in [0.4, 0.5) is 8.78 Å². The molecule has 0 aliphatic carbocycles. The fraction of sp³-hybridized carbons (Fsp3) is 0. The van der Waals surface area contributed by atoms with Gasteiger partial charge in [-0.15, -0.1) is 6.07 Å². The molecule has 3 aromatic rings. The van der Waals surface area contributed by atoms with Gasteiger partial charge in [0, 0.05) is 5.82 Å². The van der Waals surface area contributed by atoms with Gasteiger partial charge in [0.1, 0.15) is 5.82 Å². The molecule has 0 aliphatic rings. The Morgan fingerprint density at radius 2 is 1.18 bits per heavy atom. The van der Waals surface area contributed by atoms with Crippen molar-refractivity contribution in [3.63, 3.8) is 0 Å². The van der Waals surface area contributed by atoms with E-state index >= 15 is 0 Å². The smallest absolute Gasteiger partial charge is 1.00 e. The summed E-state index contributed by atoms with van der Waals surface area (Å²) in [5.74, 6) is -0.546. The van der Waals surface area contributed by atoms with Crippen LogP contribution < -0.4 is 17.0 Å². The van der Waals surface area contributed by atoms with Crippen LogP contribution in [-0.2, 0) is 0 Å². The molecule has 0 radical (unpaired) electrons. The summed E-state index contributed by atoms with van der Waals surface area (Å²) in [7, 11) is 0. The maximum atomic E-state index is 13.7. The van der Waals surface area contributed by atoms with Crippen LogP contribution in [0.2, 0.25) is 0 Å². The van der Waals surface area contributed by atoms with E-state index in [4.69, 9.17) is 0 Å². The average Bonchev–Trinajstić information content (AvgIpc) is 2.49. The zero-order chi connectivity index (χ0) is 13.9. The molecule has 0 amide bonds. The molecule has 0 bridgehead atoms. The van der Waals surface area contributed by atoms with Crippen LogP contribution in [0, 0.1) is 17.7 Å². The standard InChI is InChI=1S/C18H11F2.BrH.Mg/c19-16-11-9-14(10-12-16)13-5-7-15(8-6-13)17-3-1-2-4-18(17)20;;/h1,3-12H;1H;/q-1;;+2/p-1. The SMILES string of the molecule is Fc1ccc(-c2ccc(-c3cc[c-]cc3F)cc2)cc1.[Br-].[Mg+2]. The van der Waals surface area contributed by atoms with E-state index in [1.165, 1.54) is 18.2 Å². The Kier molecular flexibility index (Phi) is 7.19. The third-order valence-electron chi connectivity index (χ3n) is 3.19. The summed E-state index contributed by atoms with van der Waals surface area (Å²) < 4.78 is 26.6. The summed E-state index contributed by atoms with van der Waals surface area (Å²) in [6.07, 6.45) is 0. The van der Waals surface area contributed by atoms with Crippen LogP contribution in [0.15, 0.2) is 66.7 Å². The molecule has 3 rings (SSSR count). The Hall–Kier alpha value is -1.23. The number of halogens is 3. The second-order valence-corrected chi connectivity index (χ2v) is 4.49. The fourth-order valence-corrected chi connectivity index (χ4v) is 2.13. The Bertz CT molecular complexity index is 725. The topological polar surface area (TPSA) is 0 Å². The van der Waals surface area contributed by atoms with Crippen LogP contribution >= 0.6 is 0 Å². The predicted octanol–water partition coefficient (Wildman–Crippen LogP) is 1.72. The monoisotopic (exact) mass is 368 g/mol. The van der Waals surface area contributed by atoms with Crippen LogP contribution in [0.3, 0.4) is 0 Å². The van der Waals surface area contributed by atoms with Crippen LogP contribution in [-0.4, -0.2) is 23.1 Å². The maximum Gasteiger partial charge on any atom is 2.00 e. The Balaban J connectivity index is 0.00000121. The van der Waals surface area contributed by atoms with Crippen molar-refractivity contribution in [1.82, 2.24) is 0 Å². The van der Waals surface area contributed by atoms with E-state index < -0.39 is 0 Å². The zero-order valence-electron chi connectivity index (χ0n) is 11.7. The molecule has 0 atom stereocenters. The summed E-state index contributed by atoms with van der Waals surface area (Å²) in [6, 6.07) is 21.2. The summed E-state index contributed by atoms with van der Waals surface area (Å²) >= 11 is 0. The van der Waals surface area contributed by atoms with Crippen molar-refractivity contribution in [2.75, 3.05) is 0 Å². The molecular formula is C18H11BrF2Mg. The summed E-state index contributed by atoms with van der Waals surface area (Å²) in [5.41, 5.74) is 3.26. The van der Waals surface area contributed by atoms with E-state index in [0.29, 0.717) is 5.56 Å². The van der Waals surface area contributed by atoms with Gasteiger partial charge in [0.25, 0.3) is 0 Å². The molecule has 0 aliphatic heterocycles. The Morgan fingerprint density at radius 1 is 0.682 bits per heavy atom. The molecular weight excluding hydrogens is 358 g/mol. The van der Waals surface area contributed by atoms with Gasteiger partial charge in [-0.05, 0) is 28.8 Å². The van der Waals surface area contributed by atoms with Crippen molar-refractivity contribution < 1.29 is 25.8 Å². The molecule has 0 unspecified atom stereocenters. The second kappa shape index (κ2) is 8.41. The minimum atomic E-state index is -0.290. The normalized spacial score (nSPS) is 9.55. The van der Waals surface area contributed by atoms with Gasteiger partial charge in [0.2, 0.25) is 0 Å². The van der Waals surface area contributed by atoms with Crippen molar-refractivity contribution in [3.05, 3.63) is 84.4 Å². The van der Waals surface area contributed by atoms with Gasteiger partial charge in [0.05, 0.1) is 0 Å². The van der Waals surface area contributed by atoms with Gasteiger partial charge in [-0.2, -0.15) is 18.2 Å². The third-order valence-corrected chi connectivity index (χ3v) is 3.19. The maximum absolute atomic E-state index is 13.7. The molecule has 106 valence electrons. The van der Waals surface area contributed by atoms with Gasteiger partial charge in [-0.1, -0.05) is 42.0 Å². The first kappa shape index (κ1) is 18.8. The molecule has 22 heavy (non-hydrogen) atoms. The third kappa shape index (κ3) is 4.15. The molecule has 0 spiro atoms. The van der Waals surface area contributed by atoms with Crippen LogP contribution in [0.25, 0.3) is 22.3 Å². The molecule has 0 nitrogen and oxygen atoms in total. The molecule has 0 N–H and O–H groups in total. The van der Waals surface area contributed by atoms with E-state index in [0.717, 1.165) is 16.7 Å². The summed E-state index contributed by atoms with van der Waals surface area (Å²) in [5, 5.41) is 0. The Morgan fingerprint density at radius 3 is 1.73 bits per heavy atom. The summed E-state index contributed by atoms with van der Waals surface area (Å²) in [4.78, 5) is 0. The minimum absolute atomic E-state index is 0. The van der Waals surface area contributed by atoms with Gasteiger partial charge in [-0.3, -0.25) is 4.39 Å². The van der Waals surface area contributed by atoms with Crippen LogP contribution in [0.5, 0.6) is 0 Å². The number of hydrogen-bond donors (Lipinski definition) is 0. The molecule has 0 saturated carbocycles. The van der Waals surface area contributed by atoms with Gasteiger partial charge in [0.15, 0.2) is 0 Å². The van der Waals surface area contributed by atoms with Crippen molar-refractivity contribution in [1.29, 1.82) is 0 Å². The largest absolute Gasteiger partial charge is 2.00 e. The second-order valence-electron chi connectivity index (χ2n) is 4.49.